The first kappa shape index (κ1) is 15.4. The monoisotopic (exact) mass is 373 g/mol. The zero-order valence-corrected chi connectivity index (χ0v) is 15.1. The lowest BCUT2D eigenvalue weighted by molar-refractivity contribution is 0.593. The van der Waals surface area contributed by atoms with Crippen molar-refractivity contribution < 1.29 is 8.83 Å². The van der Waals surface area contributed by atoms with Gasteiger partial charge in [0.25, 0.3) is 5.71 Å². The van der Waals surface area contributed by atoms with Crippen LogP contribution in [0.4, 0.5) is 0 Å². The van der Waals surface area contributed by atoms with E-state index in [1.54, 1.807) is 0 Å². The number of hydrogen-bond donors (Lipinski definition) is 0. The topological polar surface area (TPSA) is 39.2 Å². The van der Waals surface area contributed by atoms with Crippen LogP contribution in [0.25, 0.3) is 28.8 Å². The second kappa shape index (κ2) is 5.83. The van der Waals surface area contributed by atoms with Gasteiger partial charge in [0.15, 0.2) is 5.58 Å². The van der Waals surface area contributed by atoms with Gasteiger partial charge >= 0.3 is 0 Å². The quantitative estimate of drug-likeness (QED) is 0.337. The molecule has 0 spiro atoms. The van der Waals surface area contributed by atoms with E-state index in [1.165, 1.54) is 0 Å². The standard InChI is InChI=1S/C21H11NO2S2/c25-18-14-8-4-5-9-15(14)19(26)16(18)10-13-11-17-21(23-13)22-20(24-17)12-6-2-1-3-7-12/h1-11H. The summed E-state index contributed by atoms with van der Waals surface area (Å²) in [5.74, 6) is 1.16. The van der Waals surface area contributed by atoms with E-state index in [0.717, 1.165) is 32.0 Å². The molecule has 0 saturated heterocycles. The van der Waals surface area contributed by atoms with Crippen molar-refractivity contribution in [3.63, 3.8) is 0 Å². The summed E-state index contributed by atoms with van der Waals surface area (Å²) in [4.78, 5) is 5.92. The van der Waals surface area contributed by atoms with E-state index in [1.807, 2.05) is 66.7 Å². The van der Waals surface area contributed by atoms with Gasteiger partial charge in [0.1, 0.15) is 5.76 Å². The molecular formula is C21H11NO2S2. The molecule has 5 rings (SSSR count). The Kier molecular flexibility index (Phi) is 3.45. The smallest absolute Gasteiger partial charge is 0.266 e. The summed E-state index contributed by atoms with van der Waals surface area (Å²) in [6, 6.07) is 19.5. The summed E-state index contributed by atoms with van der Waals surface area (Å²) in [5.41, 5.74) is 4.80. The zero-order chi connectivity index (χ0) is 17.7. The Morgan fingerprint density at radius 3 is 2.12 bits per heavy atom. The predicted octanol–water partition coefficient (Wildman–Crippen LogP) is 5.62. The Morgan fingerprint density at radius 2 is 1.46 bits per heavy atom. The number of allylic oxidation sites excluding steroid dienone is 1. The molecule has 2 heterocycles. The molecule has 0 bridgehead atoms. The Hall–Kier alpha value is -2.89. The minimum atomic E-state index is 0.461. The SMILES string of the molecule is S=C1C(=Cc2cc3oc(-c4ccccc4)nc3o2)C(=S)c2ccccc21. The maximum absolute atomic E-state index is 5.83. The highest BCUT2D eigenvalue weighted by atomic mass is 32.1. The fourth-order valence-corrected chi connectivity index (χ4v) is 3.82. The molecule has 0 N–H and O–H groups in total. The largest absolute Gasteiger partial charge is 0.436 e. The van der Waals surface area contributed by atoms with E-state index in [4.69, 9.17) is 33.3 Å². The van der Waals surface area contributed by atoms with Crippen molar-refractivity contribution in [3.8, 4) is 11.5 Å². The first-order valence-electron chi connectivity index (χ1n) is 8.06. The van der Waals surface area contributed by atoms with Crippen LogP contribution in [0, 0.1) is 0 Å². The van der Waals surface area contributed by atoms with Gasteiger partial charge in [0, 0.05) is 28.3 Å². The van der Waals surface area contributed by atoms with Crippen LogP contribution in [-0.2, 0) is 0 Å². The summed E-state index contributed by atoms with van der Waals surface area (Å²) >= 11 is 11.2. The molecule has 2 aromatic carbocycles. The van der Waals surface area contributed by atoms with Gasteiger partial charge in [-0.2, -0.15) is 4.98 Å². The Balaban J connectivity index is 1.53. The average Bonchev–Trinajstić information content (AvgIpc) is 3.30. The van der Waals surface area contributed by atoms with E-state index in [2.05, 4.69) is 4.98 Å². The van der Waals surface area contributed by atoms with Gasteiger partial charge < -0.3 is 8.83 Å². The molecule has 0 atom stereocenters. The number of hydrogen-bond acceptors (Lipinski definition) is 5. The highest BCUT2D eigenvalue weighted by Gasteiger charge is 2.26. The molecule has 1 aliphatic carbocycles. The van der Waals surface area contributed by atoms with Crippen LogP contribution in [0.5, 0.6) is 0 Å². The van der Waals surface area contributed by atoms with Crippen LogP contribution < -0.4 is 0 Å². The number of aromatic nitrogens is 1. The van der Waals surface area contributed by atoms with E-state index in [0.29, 0.717) is 22.9 Å². The second-order valence-corrected chi connectivity index (χ2v) is 6.78. The highest BCUT2D eigenvalue weighted by Crippen LogP contribution is 2.32. The average molecular weight is 373 g/mol. The number of nitrogens with zero attached hydrogens (tertiary/aromatic N) is 1. The maximum Gasteiger partial charge on any atom is 0.266 e. The number of oxazole rings is 1. The molecular weight excluding hydrogens is 362 g/mol. The van der Waals surface area contributed by atoms with Crippen LogP contribution in [0.3, 0.4) is 0 Å². The number of furan rings is 1. The Bertz CT molecular complexity index is 1150. The van der Waals surface area contributed by atoms with Crippen molar-refractivity contribution in [3.05, 3.63) is 83.1 Å². The first-order valence-corrected chi connectivity index (χ1v) is 8.88. The normalized spacial score (nSPS) is 13.5. The molecule has 124 valence electrons. The van der Waals surface area contributed by atoms with E-state index < -0.39 is 0 Å². The molecule has 0 fully saturated rings. The first-order chi connectivity index (χ1) is 12.7. The lowest BCUT2D eigenvalue weighted by Gasteiger charge is -1.96. The molecule has 0 saturated carbocycles. The van der Waals surface area contributed by atoms with Crippen LogP contribution in [0.2, 0.25) is 0 Å². The van der Waals surface area contributed by atoms with E-state index in [-0.39, 0.29) is 0 Å². The molecule has 1 aliphatic rings. The Morgan fingerprint density at radius 1 is 0.808 bits per heavy atom. The molecule has 0 radical (unpaired) electrons. The third-order valence-corrected chi connectivity index (χ3v) is 5.20. The van der Waals surface area contributed by atoms with Crippen molar-refractivity contribution >= 4 is 51.5 Å². The van der Waals surface area contributed by atoms with Crippen LogP contribution in [0.15, 0.2) is 75.1 Å². The van der Waals surface area contributed by atoms with Crippen molar-refractivity contribution in [1.29, 1.82) is 0 Å². The van der Waals surface area contributed by atoms with Crippen molar-refractivity contribution in [1.82, 2.24) is 4.98 Å². The van der Waals surface area contributed by atoms with Crippen molar-refractivity contribution in [2.75, 3.05) is 0 Å². The van der Waals surface area contributed by atoms with Crippen molar-refractivity contribution in [2.45, 2.75) is 0 Å². The molecule has 0 unspecified atom stereocenters. The molecule has 0 aliphatic heterocycles. The lowest BCUT2D eigenvalue weighted by atomic mass is 10.1. The zero-order valence-electron chi connectivity index (χ0n) is 13.4. The third-order valence-electron chi connectivity index (χ3n) is 4.32. The van der Waals surface area contributed by atoms with Gasteiger partial charge in [-0.05, 0) is 18.2 Å². The minimum Gasteiger partial charge on any atom is -0.436 e. The summed E-state index contributed by atoms with van der Waals surface area (Å²) < 4.78 is 11.6. The van der Waals surface area contributed by atoms with Gasteiger partial charge in [-0.25, -0.2) is 0 Å². The number of benzene rings is 2. The van der Waals surface area contributed by atoms with Gasteiger partial charge in [-0.1, -0.05) is 66.9 Å². The maximum atomic E-state index is 5.83. The number of thiocarbonyl (C=S) groups is 2. The molecule has 26 heavy (non-hydrogen) atoms. The molecule has 5 heteroatoms. The van der Waals surface area contributed by atoms with Gasteiger partial charge in [0.05, 0.1) is 9.73 Å². The third kappa shape index (κ3) is 2.36. The second-order valence-electron chi connectivity index (χ2n) is 5.97. The van der Waals surface area contributed by atoms with Crippen LogP contribution in [-0.4, -0.2) is 14.7 Å². The summed E-state index contributed by atoms with van der Waals surface area (Å²) in [5, 5.41) is 0. The minimum absolute atomic E-state index is 0.461. The lowest BCUT2D eigenvalue weighted by Crippen LogP contribution is -1.97. The fraction of sp³-hybridized carbons (Fsp3) is 0. The molecule has 2 aromatic heterocycles. The summed E-state index contributed by atoms with van der Waals surface area (Å²) in [6.07, 6.45) is 1.87. The van der Waals surface area contributed by atoms with Gasteiger partial charge in [-0.3, -0.25) is 0 Å². The molecule has 4 aromatic rings. The number of fused-ring (bicyclic) bond motifs is 2. The van der Waals surface area contributed by atoms with E-state index >= 15 is 0 Å². The summed E-state index contributed by atoms with van der Waals surface area (Å²) in [6.45, 7) is 0. The highest BCUT2D eigenvalue weighted by molar-refractivity contribution is 7.84. The fourth-order valence-electron chi connectivity index (χ4n) is 3.07. The number of rotatable bonds is 2. The van der Waals surface area contributed by atoms with Crippen LogP contribution in [0.1, 0.15) is 16.9 Å². The Labute approximate surface area is 160 Å². The predicted molar refractivity (Wildman–Crippen MR) is 110 cm³/mol. The van der Waals surface area contributed by atoms with Crippen molar-refractivity contribution in [2.24, 2.45) is 0 Å². The molecule has 3 nitrogen and oxygen atoms in total. The van der Waals surface area contributed by atoms with Gasteiger partial charge in [-0.15, -0.1) is 0 Å². The van der Waals surface area contributed by atoms with E-state index in [9.17, 15) is 0 Å². The summed E-state index contributed by atoms with van der Waals surface area (Å²) in [7, 11) is 0. The van der Waals surface area contributed by atoms with Crippen LogP contribution >= 0.6 is 24.4 Å². The molecule has 0 amide bonds. The van der Waals surface area contributed by atoms with Gasteiger partial charge in [0.2, 0.25) is 5.89 Å².